The fourth-order valence-corrected chi connectivity index (χ4v) is 3.18. The molecule has 1 fully saturated rings. The Bertz CT molecular complexity index is 736. The molecule has 8 heteroatoms. The molecule has 0 aliphatic carbocycles. The average molecular weight is 435 g/mol. The van der Waals surface area contributed by atoms with Crippen LogP contribution < -0.4 is 5.32 Å². The van der Waals surface area contributed by atoms with Crippen LogP contribution in [0.3, 0.4) is 0 Å². The second-order valence-electron chi connectivity index (χ2n) is 8.73. The van der Waals surface area contributed by atoms with Crippen LogP contribution in [0.4, 0.5) is 9.59 Å². The van der Waals surface area contributed by atoms with E-state index in [-0.39, 0.29) is 39.1 Å². The molecule has 1 saturated heterocycles. The van der Waals surface area contributed by atoms with Crippen molar-refractivity contribution in [2.75, 3.05) is 19.7 Å². The minimum absolute atomic E-state index is 0.0949. The minimum atomic E-state index is -1.24. The number of nitrogens with zero attached hydrogens (tertiary/aromatic N) is 1. The van der Waals surface area contributed by atoms with Crippen LogP contribution in [-0.4, -0.2) is 53.9 Å². The highest BCUT2D eigenvalue weighted by Gasteiger charge is 2.46. The van der Waals surface area contributed by atoms with Crippen LogP contribution in [0, 0.1) is 0 Å². The summed E-state index contributed by atoms with van der Waals surface area (Å²) in [7, 11) is 0. The molecular formula is C23H34N2O6. The van der Waals surface area contributed by atoms with Gasteiger partial charge in [-0.15, -0.1) is 0 Å². The molecule has 1 aliphatic heterocycles. The zero-order valence-corrected chi connectivity index (χ0v) is 18.9. The molecule has 0 radical (unpaired) electrons. The molecule has 0 aromatic heterocycles. The number of piperidine rings is 1. The molecule has 31 heavy (non-hydrogen) atoms. The van der Waals surface area contributed by atoms with Crippen LogP contribution >= 0.6 is 0 Å². The maximum absolute atomic E-state index is 12.9. The normalized spacial score (nSPS) is 15.7. The monoisotopic (exact) mass is 434 g/mol. The van der Waals surface area contributed by atoms with E-state index in [4.69, 9.17) is 14.2 Å². The third kappa shape index (κ3) is 7.77. The van der Waals surface area contributed by atoms with Crippen LogP contribution in [0.15, 0.2) is 30.3 Å². The number of esters is 1. The van der Waals surface area contributed by atoms with Gasteiger partial charge >= 0.3 is 18.2 Å². The van der Waals surface area contributed by atoms with Gasteiger partial charge in [0, 0.05) is 13.1 Å². The number of likely N-dealkylation sites (tertiary alicyclic amines) is 1. The molecule has 0 atom stereocenters. The van der Waals surface area contributed by atoms with Gasteiger partial charge < -0.3 is 24.4 Å². The first-order chi connectivity index (χ1) is 14.6. The highest BCUT2D eigenvalue weighted by Crippen LogP contribution is 2.26. The van der Waals surface area contributed by atoms with E-state index >= 15 is 0 Å². The molecule has 0 bridgehead atoms. The van der Waals surface area contributed by atoms with Crippen molar-refractivity contribution < 1.29 is 28.6 Å². The largest absolute Gasteiger partial charge is 0.464 e. The first-order valence-corrected chi connectivity index (χ1v) is 10.8. The number of carbonyl (C=O) groups excluding carboxylic acids is 3. The highest BCUT2D eigenvalue weighted by atomic mass is 16.6. The Hall–Kier alpha value is -2.77. The molecule has 172 valence electrons. The summed E-state index contributed by atoms with van der Waals surface area (Å²) < 4.78 is 16.1. The molecule has 2 rings (SSSR count). The smallest absolute Gasteiger partial charge is 0.410 e. The van der Waals surface area contributed by atoms with E-state index in [0.29, 0.717) is 0 Å². The van der Waals surface area contributed by atoms with Gasteiger partial charge in [0.2, 0.25) is 0 Å². The molecule has 1 aliphatic rings. The number of benzene rings is 1. The Kier molecular flexibility index (Phi) is 8.71. The summed E-state index contributed by atoms with van der Waals surface area (Å²) in [6.07, 6.45) is 0.938. The number of hydrogen-bond donors (Lipinski definition) is 1. The van der Waals surface area contributed by atoms with Gasteiger partial charge in [-0.25, -0.2) is 14.4 Å². The van der Waals surface area contributed by atoms with E-state index in [9.17, 15) is 14.4 Å². The summed E-state index contributed by atoms with van der Waals surface area (Å²) in [5.41, 5.74) is -0.999. The molecule has 0 saturated carbocycles. The Morgan fingerprint density at radius 2 is 1.71 bits per heavy atom. The Morgan fingerprint density at radius 1 is 1.06 bits per heavy atom. The van der Waals surface area contributed by atoms with E-state index in [1.807, 2.05) is 37.3 Å². The lowest BCUT2D eigenvalue weighted by Gasteiger charge is -2.40. The highest BCUT2D eigenvalue weighted by molar-refractivity contribution is 5.86. The summed E-state index contributed by atoms with van der Waals surface area (Å²) in [6, 6.07) is 9.29. The quantitative estimate of drug-likeness (QED) is 0.396. The average Bonchev–Trinajstić information content (AvgIpc) is 2.72. The van der Waals surface area contributed by atoms with Crippen LogP contribution in [0.2, 0.25) is 0 Å². The van der Waals surface area contributed by atoms with E-state index in [1.54, 1.807) is 25.7 Å². The molecule has 1 aromatic carbocycles. The summed E-state index contributed by atoms with van der Waals surface area (Å²) in [5.74, 6) is -0.499. The summed E-state index contributed by atoms with van der Waals surface area (Å²) in [6.45, 7) is 8.30. The van der Waals surface area contributed by atoms with Crippen molar-refractivity contribution in [3.63, 3.8) is 0 Å². The Balaban J connectivity index is 2.02. The van der Waals surface area contributed by atoms with Gasteiger partial charge in [0.15, 0.2) is 0 Å². The first-order valence-electron chi connectivity index (χ1n) is 10.8. The van der Waals surface area contributed by atoms with Crippen LogP contribution in [0.1, 0.15) is 58.9 Å². The van der Waals surface area contributed by atoms with Gasteiger partial charge in [-0.3, -0.25) is 0 Å². The van der Waals surface area contributed by atoms with Crippen LogP contribution in [0.25, 0.3) is 0 Å². The summed E-state index contributed by atoms with van der Waals surface area (Å²) in [4.78, 5) is 39.3. The van der Waals surface area contributed by atoms with Crippen molar-refractivity contribution in [3.05, 3.63) is 35.9 Å². The number of ether oxygens (including phenoxy) is 3. The lowest BCUT2D eigenvalue weighted by molar-refractivity contribution is -0.154. The predicted octanol–water partition coefficient (Wildman–Crippen LogP) is 4.03. The van der Waals surface area contributed by atoms with Gasteiger partial charge in [-0.1, -0.05) is 43.7 Å². The number of rotatable bonds is 7. The van der Waals surface area contributed by atoms with Gasteiger partial charge in [-0.05, 0) is 45.6 Å². The van der Waals surface area contributed by atoms with Crippen molar-refractivity contribution in [3.8, 4) is 0 Å². The number of hydrogen-bond acceptors (Lipinski definition) is 6. The van der Waals surface area contributed by atoms with Gasteiger partial charge in [0.25, 0.3) is 0 Å². The number of amides is 2. The van der Waals surface area contributed by atoms with Crippen LogP contribution in [-0.2, 0) is 25.6 Å². The molecule has 1 heterocycles. The van der Waals surface area contributed by atoms with Gasteiger partial charge in [0.1, 0.15) is 17.7 Å². The first kappa shape index (κ1) is 24.5. The zero-order valence-electron chi connectivity index (χ0n) is 18.9. The second kappa shape index (κ2) is 11.0. The number of alkyl carbamates (subject to hydrolysis) is 1. The Morgan fingerprint density at radius 3 is 2.29 bits per heavy atom. The molecule has 2 amide bonds. The van der Waals surface area contributed by atoms with Crippen molar-refractivity contribution in [1.29, 1.82) is 0 Å². The number of carbonyl (C=O) groups is 3. The lowest BCUT2D eigenvalue weighted by atomic mass is 9.87. The topological polar surface area (TPSA) is 94.2 Å². The number of unbranched alkanes of at least 4 members (excludes halogenated alkanes) is 1. The summed E-state index contributed by atoms with van der Waals surface area (Å²) >= 11 is 0. The maximum Gasteiger partial charge on any atom is 0.410 e. The molecule has 1 aromatic rings. The molecular weight excluding hydrogens is 400 g/mol. The predicted molar refractivity (Wildman–Crippen MR) is 115 cm³/mol. The summed E-state index contributed by atoms with van der Waals surface area (Å²) in [5, 5.41) is 2.72. The van der Waals surface area contributed by atoms with Crippen molar-refractivity contribution in [1.82, 2.24) is 10.2 Å². The maximum atomic E-state index is 12.9. The van der Waals surface area contributed by atoms with E-state index < -0.39 is 29.3 Å². The molecule has 1 N–H and O–H groups in total. The minimum Gasteiger partial charge on any atom is -0.464 e. The Labute approximate surface area is 184 Å². The van der Waals surface area contributed by atoms with Gasteiger partial charge in [-0.2, -0.15) is 0 Å². The van der Waals surface area contributed by atoms with Crippen molar-refractivity contribution >= 4 is 18.2 Å². The lowest BCUT2D eigenvalue weighted by Crippen LogP contribution is -2.61. The second-order valence-corrected chi connectivity index (χ2v) is 8.73. The van der Waals surface area contributed by atoms with E-state index in [2.05, 4.69) is 5.32 Å². The van der Waals surface area contributed by atoms with Crippen molar-refractivity contribution in [2.45, 2.75) is 71.1 Å². The number of nitrogens with one attached hydrogen (secondary N) is 1. The van der Waals surface area contributed by atoms with Gasteiger partial charge in [0.05, 0.1) is 6.61 Å². The van der Waals surface area contributed by atoms with Crippen molar-refractivity contribution in [2.24, 2.45) is 0 Å². The fourth-order valence-electron chi connectivity index (χ4n) is 3.18. The molecule has 0 spiro atoms. The van der Waals surface area contributed by atoms with Crippen LogP contribution in [0.5, 0.6) is 0 Å². The molecule has 0 unspecified atom stereocenters. The third-order valence-corrected chi connectivity index (χ3v) is 4.94. The SMILES string of the molecule is CCCCOC(=O)C1(NC(=O)OCc2ccccc2)CCN(C(=O)OC(C)(C)C)CC1. The zero-order chi connectivity index (χ0) is 22.9. The van der Waals surface area contributed by atoms with E-state index in [1.165, 1.54) is 0 Å². The standard InChI is InChI=1S/C23H34N2O6/c1-5-6-16-29-19(26)23(24-20(27)30-17-18-10-8-7-9-11-18)12-14-25(15-13-23)21(28)31-22(2,3)4/h7-11H,5-6,12-17H2,1-4H3,(H,24,27). The van der Waals surface area contributed by atoms with E-state index in [0.717, 1.165) is 18.4 Å². The molecule has 8 nitrogen and oxygen atoms in total. The third-order valence-electron chi connectivity index (χ3n) is 4.94. The fraction of sp³-hybridized carbons (Fsp3) is 0.609.